The minimum Gasteiger partial charge on any atom is -0.396 e. The Morgan fingerprint density at radius 3 is 2.71 bits per heavy atom. The second kappa shape index (κ2) is 8.00. The Kier molecular flexibility index (Phi) is 5.32. The molecule has 2 atom stereocenters. The van der Waals surface area contributed by atoms with E-state index in [-0.39, 0.29) is 42.1 Å². The SMILES string of the molecule is O=C1CCC(N2Cc3c(CN4CC(CO)C5(CCNCC5)C4)cccc3C2=O)C(=O)N1. The van der Waals surface area contributed by atoms with Gasteiger partial charge in [0, 0.05) is 50.7 Å². The van der Waals surface area contributed by atoms with Crippen LogP contribution in [0.4, 0.5) is 0 Å². The third-order valence-electron chi connectivity index (χ3n) is 7.78. The molecular weight excluding hydrogens is 396 g/mol. The van der Waals surface area contributed by atoms with Gasteiger partial charge < -0.3 is 15.3 Å². The Hall–Kier alpha value is -2.29. The molecule has 3 fully saturated rings. The summed E-state index contributed by atoms with van der Waals surface area (Å²) in [5.74, 6) is -0.494. The van der Waals surface area contributed by atoms with Crippen molar-refractivity contribution in [3.63, 3.8) is 0 Å². The average Bonchev–Trinajstić information content (AvgIpc) is 3.27. The van der Waals surface area contributed by atoms with Crippen LogP contribution in [0.2, 0.25) is 0 Å². The van der Waals surface area contributed by atoms with Gasteiger partial charge in [-0.05, 0) is 55.0 Å². The summed E-state index contributed by atoms with van der Waals surface area (Å²) in [6.45, 7) is 5.19. The average molecular weight is 427 g/mol. The summed E-state index contributed by atoms with van der Waals surface area (Å²) in [7, 11) is 0. The maximum Gasteiger partial charge on any atom is 0.255 e. The van der Waals surface area contributed by atoms with Crippen molar-refractivity contribution >= 4 is 17.7 Å². The summed E-state index contributed by atoms with van der Waals surface area (Å²) in [5, 5.41) is 15.8. The number of hydrogen-bond donors (Lipinski definition) is 3. The van der Waals surface area contributed by atoms with Crippen LogP contribution in [0.1, 0.15) is 47.2 Å². The number of carbonyl (C=O) groups excluding carboxylic acids is 3. The van der Waals surface area contributed by atoms with Gasteiger partial charge in [-0.1, -0.05) is 12.1 Å². The van der Waals surface area contributed by atoms with Gasteiger partial charge in [-0.25, -0.2) is 0 Å². The Morgan fingerprint density at radius 2 is 1.97 bits per heavy atom. The van der Waals surface area contributed by atoms with Gasteiger partial charge in [-0.2, -0.15) is 0 Å². The molecule has 3 amide bonds. The predicted octanol–water partition coefficient (Wildman–Crippen LogP) is 0.242. The van der Waals surface area contributed by atoms with Crippen LogP contribution in [0, 0.1) is 11.3 Å². The summed E-state index contributed by atoms with van der Waals surface area (Å²) in [6.07, 6.45) is 2.81. The van der Waals surface area contributed by atoms with Crippen molar-refractivity contribution < 1.29 is 19.5 Å². The summed E-state index contributed by atoms with van der Waals surface area (Å²) in [5.41, 5.74) is 2.94. The van der Waals surface area contributed by atoms with Crippen LogP contribution in [-0.2, 0) is 22.7 Å². The fourth-order valence-corrected chi connectivity index (χ4v) is 6.05. The molecule has 1 aromatic carbocycles. The number of aliphatic hydroxyl groups is 1. The quantitative estimate of drug-likeness (QED) is 0.597. The molecule has 3 saturated heterocycles. The number of hydrogen-bond acceptors (Lipinski definition) is 6. The maximum atomic E-state index is 13.1. The minimum atomic E-state index is -0.589. The van der Waals surface area contributed by atoms with Gasteiger partial charge in [0.1, 0.15) is 6.04 Å². The van der Waals surface area contributed by atoms with E-state index in [1.165, 1.54) is 0 Å². The molecule has 166 valence electrons. The number of carbonyl (C=O) groups is 3. The van der Waals surface area contributed by atoms with Crippen molar-refractivity contribution in [3.05, 3.63) is 34.9 Å². The largest absolute Gasteiger partial charge is 0.396 e. The fourth-order valence-electron chi connectivity index (χ4n) is 6.05. The number of piperidine rings is 2. The Labute approximate surface area is 182 Å². The Balaban J connectivity index is 1.34. The maximum absolute atomic E-state index is 13.1. The van der Waals surface area contributed by atoms with E-state index in [1.54, 1.807) is 4.90 Å². The van der Waals surface area contributed by atoms with Crippen LogP contribution >= 0.6 is 0 Å². The Bertz CT molecular complexity index is 911. The molecular formula is C23H30N4O4. The highest BCUT2D eigenvalue weighted by molar-refractivity contribution is 6.05. The number of aliphatic hydroxyl groups excluding tert-OH is 1. The summed E-state index contributed by atoms with van der Waals surface area (Å²) < 4.78 is 0. The highest BCUT2D eigenvalue weighted by Gasteiger charge is 2.47. The topological polar surface area (TPSA) is 102 Å². The zero-order chi connectivity index (χ0) is 21.6. The first kappa shape index (κ1) is 20.6. The second-order valence-corrected chi connectivity index (χ2v) is 9.50. The lowest BCUT2D eigenvalue weighted by molar-refractivity contribution is -0.136. The third-order valence-corrected chi connectivity index (χ3v) is 7.78. The first-order valence-electron chi connectivity index (χ1n) is 11.3. The highest BCUT2D eigenvalue weighted by Crippen LogP contribution is 2.44. The highest BCUT2D eigenvalue weighted by atomic mass is 16.3. The molecule has 0 aromatic heterocycles. The van der Waals surface area contributed by atoms with Gasteiger partial charge in [0.15, 0.2) is 0 Å². The number of imide groups is 1. The lowest BCUT2D eigenvalue weighted by Gasteiger charge is -2.38. The first-order valence-corrected chi connectivity index (χ1v) is 11.3. The number of fused-ring (bicyclic) bond motifs is 1. The predicted molar refractivity (Wildman–Crippen MR) is 113 cm³/mol. The first-order chi connectivity index (χ1) is 15.0. The van der Waals surface area contributed by atoms with Crippen LogP contribution in [0.3, 0.4) is 0 Å². The van der Waals surface area contributed by atoms with Crippen molar-refractivity contribution in [1.29, 1.82) is 0 Å². The van der Waals surface area contributed by atoms with E-state index in [1.807, 2.05) is 12.1 Å². The number of amides is 3. The molecule has 0 radical (unpaired) electrons. The van der Waals surface area contributed by atoms with Gasteiger partial charge in [-0.15, -0.1) is 0 Å². The van der Waals surface area contributed by atoms with Crippen molar-refractivity contribution in [2.24, 2.45) is 11.3 Å². The number of likely N-dealkylation sites (tertiary alicyclic amines) is 1. The molecule has 2 unspecified atom stereocenters. The zero-order valence-electron chi connectivity index (χ0n) is 17.7. The van der Waals surface area contributed by atoms with E-state index >= 15 is 0 Å². The lowest BCUT2D eigenvalue weighted by Crippen LogP contribution is -2.52. The molecule has 3 N–H and O–H groups in total. The van der Waals surface area contributed by atoms with E-state index in [2.05, 4.69) is 21.6 Å². The second-order valence-electron chi connectivity index (χ2n) is 9.50. The lowest BCUT2D eigenvalue weighted by atomic mass is 9.71. The van der Waals surface area contributed by atoms with Gasteiger partial charge in [0.05, 0.1) is 0 Å². The minimum absolute atomic E-state index is 0.129. The summed E-state index contributed by atoms with van der Waals surface area (Å²) >= 11 is 0. The molecule has 4 aliphatic rings. The van der Waals surface area contributed by atoms with Crippen molar-refractivity contribution in [2.45, 2.75) is 44.8 Å². The normalized spacial score (nSPS) is 28.3. The molecule has 1 spiro atoms. The summed E-state index contributed by atoms with van der Waals surface area (Å²) in [4.78, 5) is 40.9. The van der Waals surface area contributed by atoms with E-state index < -0.39 is 6.04 Å². The smallest absolute Gasteiger partial charge is 0.255 e. The Morgan fingerprint density at radius 1 is 1.16 bits per heavy atom. The van der Waals surface area contributed by atoms with Gasteiger partial charge >= 0.3 is 0 Å². The van der Waals surface area contributed by atoms with Crippen molar-refractivity contribution in [3.8, 4) is 0 Å². The van der Waals surface area contributed by atoms with E-state index in [0.717, 1.165) is 56.7 Å². The molecule has 1 aromatic rings. The van der Waals surface area contributed by atoms with E-state index in [9.17, 15) is 19.5 Å². The fraction of sp³-hybridized carbons (Fsp3) is 0.609. The van der Waals surface area contributed by atoms with Crippen LogP contribution in [-0.4, -0.2) is 71.5 Å². The van der Waals surface area contributed by atoms with Crippen molar-refractivity contribution in [1.82, 2.24) is 20.4 Å². The number of rotatable bonds is 4. The molecule has 0 saturated carbocycles. The molecule has 0 aliphatic carbocycles. The van der Waals surface area contributed by atoms with Crippen LogP contribution < -0.4 is 10.6 Å². The third kappa shape index (κ3) is 3.56. The molecule has 8 heteroatoms. The number of nitrogens with zero attached hydrogens (tertiary/aromatic N) is 2. The molecule has 4 heterocycles. The number of nitrogens with one attached hydrogen (secondary N) is 2. The van der Waals surface area contributed by atoms with E-state index in [0.29, 0.717) is 18.5 Å². The molecule has 8 nitrogen and oxygen atoms in total. The number of benzene rings is 1. The van der Waals surface area contributed by atoms with Crippen LogP contribution in [0.25, 0.3) is 0 Å². The van der Waals surface area contributed by atoms with Crippen LogP contribution in [0.5, 0.6) is 0 Å². The zero-order valence-corrected chi connectivity index (χ0v) is 17.7. The van der Waals surface area contributed by atoms with Gasteiger partial charge in [0.2, 0.25) is 11.8 Å². The summed E-state index contributed by atoms with van der Waals surface area (Å²) in [6, 6.07) is 5.23. The molecule has 5 rings (SSSR count). The van der Waals surface area contributed by atoms with E-state index in [4.69, 9.17) is 0 Å². The van der Waals surface area contributed by atoms with Gasteiger partial charge in [0.25, 0.3) is 5.91 Å². The monoisotopic (exact) mass is 426 g/mol. The standard InChI is InChI=1S/C23H30N4O4/c28-13-16-11-26(14-23(16)6-8-24-9-7-23)10-15-2-1-3-17-18(15)12-27(22(17)31)19-4-5-20(29)25-21(19)30/h1-3,16,19,24,28H,4-14H2,(H,25,29,30). The molecule has 4 aliphatic heterocycles. The van der Waals surface area contributed by atoms with Gasteiger partial charge in [-0.3, -0.25) is 24.6 Å². The van der Waals surface area contributed by atoms with Crippen LogP contribution in [0.15, 0.2) is 18.2 Å². The molecule has 31 heavy (non-hydrogen) atoms. The van der Waals surface area contributed by atoms with Crippen molar-refractivity contribution in [2.75, 3.05) is 32.8 Å². The molecule has 0 bridgehead atoms.